The summed E-state index contributed by atoms with van der Waals surface area (Å²) in [5.74, 6) is 0. The van der Waals surface area contributed by atoms with Crippen molar-refractivity contribution in [3.8, 4) is 0 Å². The SMILES string of the molecule is Cc1cccc(C(C)N2CCC3CCC(C2)N3)c1. The van der Waals surface area contributed by atoms with E-state index in [2.05, 4.69) is 48.3 Å². The van der Waals surface area contributed by atoms with E-state index in [1.165, 1.54) is 43.5 Å². The molecule has 18 heavy (non-hydrogen) atoms. The molecule has 2 saturated heterocycles. The van der Waals surface area contributed by atoms with Crippen molar-refractivity contribution < 1.29 is 0 Å². The van der Waals surface area contributed by atoms with Gasteiger partial charge in [0.2, 0.25) is 0 Å². The lowest BCUT2D eigenvalue weighted by Crippen LogP contribution is -2.36. The van der Waals surface area contributed by atoms with Gasteiger partial charge >= 0.3 is 0 Å². The molecule has 0 amide bonds. The summed E-state index contributed by atoms with van der Waals surface area (Å²) in [4.78, 5) is 2.66. The second-order valence-electron chi connectivity index (χ2n) is 6.01. The summed E-state index contributed by atoms with van der Waals surface area (Å²) >= 11 is 0. The Kier molecular flexibility index (Phi) is 3.40. The molecule has 2 aliphatic heterocycles. The van der Waals surface area contributed by atoms with E-state index < -0.39 is 0 Å². The highest BCUT2D eigenvalue weighted by molar-refractivity contribution is 5.24. The second-order valence-corrected chi connectivity index (χ2v) is 6.01. The zero-order valence-electron chi connectivity index (χ0n) is 11.5. The topological polar surface area (TPSA) is 15.3 Å². The minimum absolute atomic E-state index is 0.547. The third-order valence-electron chi connectivity index (χ3n) is 4.63. The van der Waals surface area contributed by atoms with Crippen molar-refractivity contribution in [1.29, 1.82) is 0 Å². The van der Waals surface area contributed by atoms with Crippen LogP contribution in [-0.4, -0.2) is 30.1 Å². The first-order chi connectivity index (χ1) is 8.72. The smallest absolute Gasteiger partial charge is 0.0320 e. The average Bonchev–Trinajstić information content (AvgIpc) is 2.68. The zero-order valence-corrected chi connectivity index (χ0v) is 11.5. The Balaban J connectivity index is 1.74. The van der Waals surface area contributed by atoms with Gasteiger partial charge in [-0.05, 0) is 38.7 Å². The summed E-state index contributed by atoms with van der Waals surface area (Å²) in [5.41, 5.74) is 2.83. The molecule has 0 saturated carbocycles. The molecular formula is C16H24N2. The molecule has 3 rings (SSSR count). The van der Waals surface area contributed by atoms with Gasteiger partial charge in [-0.3, -0.25) is 4.90 Å². The van der Waals surface area contributed by atoms with Crippen molar-refractivity contribution in [2.24, 2.45) is 0 Å². The number of nitrogens with one attached hydrogen (secondary N) is 1. The molecule has 0 aromatic heterocycles. The molecule has 2 fully saturated rings. The molecule has 0 radical (unpaired) electrons. The van der Waals surface area contributed by atoms with Crippen LogP contribution in [0.5, 0.6) is 0 Å². The number of aryl methyl sites for hydroxylation is 1. The molecule has 0 aliphatic carbocycles. The maximum Gasteiger partial charge on any atom is 0.0320 e. The fraction of sp³-hybridized carbons (Fsp3) is 0.625. The van der Waals surface area contributed by atoms with Gasteiger partial charge in [0.15, 0.2) is 0 Å². The molecule has 2 aliphatic rings. The Labute approximate surface area is 110 Å². The summed E-state index contributed by atoms with van der Waals surface area (Å²) < 4.78 is 0. The Morgan fingerprint density at radius 1 is 1.22 bits per heavy atom. The predicted molar refractivity (Wildman–Crippen MR) is 75.7 cm³/mol. The Bertz CT molecular complexity index is 415. The van der Waals surface area contributed by atoms with Crippen LogP contribution in [0.25, 0.3) is 0 Å². The van der Waals surface area contributed by atoms with Crippen LogP contribution in [0.2, 0.25) is 0 Å². The van der Waals surface area contributed by atoms with Crippen molar-refractivity contribution in [2.45, 2.75) is 51.2 Å². The molecule has 3 unspecified atom stereocenters. The normalized spacial score (nSPS) is 30.1. The summed E-state index contributed by atoms with van der Waals surface area (Å²) in [6.07, 6.45) is 4.06. The molecular weight excluding hydrogens is 220 g/mol. The van der Waals surface area contributed by atoms with Crippen LogP contribution in [-0.2, 0) is 0 Å². The highest BCUT2D eigenvalue weighted by atomic mass is 15.2. The minimum Gasteiger partial charge on any atom is -0.310 e. The minimum atomic E-state index is 0.547. The van der Waals surface area contributed by atoms with Crippen LogP contribution in [0.1, 0.15) is 43.4 Å². The molecule has 98 valence electrons. The van der Waals surface area contributed by atoms with Gasteiger partial charge in [0, 0.05) is 31.2 Å². The van der Waals surface area contributed by atoms with Gasteiger partial charge in [-0.2, -0.15) is 0 Å². The van der Waals surface area contributed by atoms with Gasteiger partial charge in [0.25, 0.3) is 0 Å². The molecule has 1 aromatic rings. The highest BCUT2D eigenvalue weighted by Crippen LogP contribution is 2.27. The van der Waals surface area contributed by atoms with E-state index in [0.717, 1.165) is 12.1 Å². The third kappa shape index (κ3) is 2.45. The van der Waals surface area contributed by atoms with Crippen LogP contribution in [0.4, 0.5) is 0 Å². The Morgan fingerprint density at radius 3 is 2.89 bits per heavy atom. The summed E-state index contributed by atoms with van der Waals surface area (Å²) in [5, 5.41) is 3.76. The van der Waals surface area contributed by atoms with Gasteiger partial charge in [-0.15, -0.1) is 0 Å². The maximum absolute atomic E-state index is 3.76. The maximum atomic E-state index is 3.76. The first-order valence-corrected chi connectivity index (χ1v) is 7.29. The third-order valence-corrected chi connectivity index (χ3v) is 4.63. The molecule has 0 spiro atoms. The zero-order chi connectivity index (χ0) is 12.5. The lowest BCUT2D eigenvalue weighted by Gasteiger charge is -2.30. The van der Waals surface area contributed by atoms with Crippen molar-refractivity contribution in [3.63, 3.8) is 0 Å². The van der Waals surface area contributed by atoms with Crippen molar-refractivity contribution in [1.82, 2.24) is 10.2 Å². The highest BCUT2D eigenvalue weighted by Gasteiger charge is 2.31. The fourth-order valence-corrected chi connectivity index (χ4v) is 3.46. The largest absolute Gasteiger partial charge is 0.310 e. The lowest BCUT2D eigenvalue weighted by molar-refractivity contribution is 0.200. The number of nitrogens with zero attached hydrogens (tertiary/aromatic N) is 1. The number of rotatable bonds is 2. The second kappa shape index (κ2) is 5.02. The van der Waals surface area contributed by atoms with Crippen LogP contribution < -0.4 is 5.32 Å². The fourth-order valence-electron chi connectivity index (χ4n) is 3.46. The van der Waals surface area contributed by atoms with E-state index >= 15 is 0 Å². The average molecular weight is 244 g/mol. The predicted octanol–water partition coefficient (Wildman–Crippen LogP) is 2.88. The van der Waals surface area contributed by atoms with E-state index in [-0.39, 0.29) is 0 Å². The number of hydrogen-bond acceptors (Lipinski definition) is 2. The van der Waals surface area contributed by atoms with Crippen molar-refractivity contribution in [3.05, 3.63) is 35.4 Å². The van der Waals surface area contributed by atoms with E-state index in [0.29, 0.717) is 6.04 Å². The molecule has 1 N–H and O–H groups in total. The van der Waals surface area contributed by atoms with Gasteiger partial charge < -0.3 is 5.32 Å². The van der Waals surface area contributed by atoms with Gasteiger partial charge in [0.1, 0.15) is 0 Å². The molecule has 2 nitrogen and oxygen atoms in total. The number of fused-ring (bicyclic) bond motifs is 2. The number of benzene rings is 1. The monoisotopic (exact) mass is 244 g/mol. The summed E-state index contributed by atoms with van der Waals surface area (Å²) in [6.45, 7) is 6.99. The first-order valence-electron chi connectivity index (χ1n) is 7.29. The molecule has 2 heterocycles. The Morgan fingerprint density at radius 2 is 2.06 bits per heavy atom. The van der Waals surface area contributed by atoms with Gasteiger partial charge in [-0.25, -0.2) is 0 Å². The number of hydrogen-bond donors (Lipinski definition) is 1. The summed E-state index contributed by atoms with van der Waals surface area (Å²) in [7, 11) is 0. The van der Waals surface area contributed by atoms with Gasteiger partial charge in [0.05, 0.1) is 0 Å². The molecule has 1 aromatic carbocycles. The first kappa shape index (κ1) is 12.2. The lowest BCUT2D eigenvalue weighted by atomic mass is 10.0. The molecule has 2 heteroatoms. The number of likely N-dealkylation sites (tertiary alicyclic amines) is 1. The van der Waals surface area contributed by atoms with E-state index in [1.54, 1.807) is 0 Å². The Hall–Kier alpha value is -0.860. The van der Waals surface area contributed by atoms with Crippen LogP contribution >= 0.6 is 0 Å². The van der Waals surface area contributed by atoms with E-state index in [1.807, 2.05) is 0 Å². The standard InChI is InChI=1S/C16H24N2/c1-12-4-3-5-14(10-12)13(2)18-9-8-15-6-7-16(11-18)17-15/h3-5,10,13,15-17H,6-9,11H2,1-2H3. The molecule has 2 bridgehead atoms. The van der Waals surface area contributed by atoms with Gasteiger partial charge in [-0.1, -0.05) is 29.8 Å². The van der Waals surface area contributed by atoms with E-state index in [9.17, 15) is 0 Å². The van der Waals surface area contributed by atoms with E-state index in [4.69, 9.17) is 0 Å². The van der Waals surface area contributed by atoms with Crippen molar-refractivity contribution >= 4 is 0 Å². The van der Waals surface area contributed by atoms with Crippen LogP contribution in [0.3, 0.4) is 0 Å². The van der Waals surface area contributed by atoms with Crippen molar-refractivity contribution in [2.75, 3.05) is 13.1 Å². The quantitative estimate of drug-likeness (QED) is 0.860. The van der Waals surface area contributed by atoms with Crippen LogP contribution in [0.15, 0.2) is 24.3 Å². The molecule has 3 atom stereocenters. The van der Waals surface area contributed by atoms with Crippen LogP contribution in [0, 0.1) is 6.92 Å². The summed E-state index contributed by atoms with van der Waals surface area (Å²) in [6, 6.07) is 11.0.